The van der Waals surface area contributed by atoms with Crippen molar-refractivity contribution in [1.82, 2.24) is 15.2 Å². The van der Waals surface area contributed by atoms with Gasteiger partial charge in [0.1, 0.15) is 6.04 Å². The Morgan fingerprint density at radius 3 is 2.06 bits per heavy atom. The van der Waals surface area contributed by atoms with Crippen LogP contribution in [-0.2, 0) is 9.59 Å². The summed E-state index contributed by atoms with van der Waals surface area (Å²) in [6.45, 7) is 11.4. The number of rotatable bonds is 6. The molecule has 4 amide bonds. The molecule has 1 heterocycles. The second-order valence-corrected chi connectivity index (χ2v) is 9.77. The number of aryl methyl sites for hydroxylation is 2. The summed E-state index contributed by atoms with van der Waals surface area (Å²) in [6, 6.07) is 7.02. The third-order valence-electron chi connectivity index (χ3n) is 4.79. The molecule has 0 radical (unpaired) electrons. The Kier molecular flexibility index (Phi) is 14.6. The normalized spacial score (nSPS) is 11.2. The summed E-state index contributed by atoms with van der Waals surface area (Å²) in [5.41, 5.74) is 10.3. The van der Waals surface area contributed by atoms with Crippen LogP contribution >= 0.6 is 11.3 Å². The number of hydrogen-bond donors (Lipinski definition) is 2. The van der Waals surface area contributed by atoms with Gasteiger partial charge in [0, 0.05) is 13.5 Å². The van der Waals surface area contributed by atoms with Crippen LogP contribution in [0.4, 0.5) is 13.6 Å². The van der Waals surface area contributed by atoms with Gasteiger partial charge < -0.3 is 11.1 Å². The number of carbonyl (C=O) groups excluding carboxylic acids is 3. The van der Waals surface area contributed by atoms with Gasteiger partial charge in [-0.25, -0.2) is 18.6 Å². The molecule has 0 aliphatic heterocycles. The molecule has 1 aromatic carbocycles. The number of thiazole rings is 1. The van der Waals surface area contributed by atoms with Crippen LogP contribution in [0.1, 0.15) is 58.7 Å². The van der Waals surface area contributed by atoms with Crippen molar-refractivity contribution in [2.45, 2.75) is 67.3 Å². The lowest BCUT2D eigenvalue weighted by Crippen LogP contribution is -2.56. The number of unbranched alkanes of at least 4 members (excludes halogenated alkanes) is 1. The molecule has 0 bridgehead atoms. The predicted octanol–water partition coefficient (Wildman–Crippen LogP) is 5.55. The maximum absolute atomic E-state index is 12.4. The minimum atomic E-state index is -1.75. The molecule has 0 aliphatic rings. The van der Waals surface area contributed by atoms with Gasteiger partial charge in [-0.2, -0.15) is 0 Å². The number of amides is 4. The van der Waals surface area contributed by atoms with E-state index < -0.39 is 30.3 Å². The number of imide groups is 1. The van der Waals surface area contributed by atoms with Gasteiger partial charge in [0.05, 0.1) is 16.1 Å². The number of benzene rings is 1. The van der Waals surface area contributed by atoms with Crippen LogP contribution in [0, 0.1) is 19.3 Å². The van der Waals surface area contributed by atoms with E-state index in [-0.39, 0.29) is 12.5 Å². The second-order valence-electron chi connectivity index (χ2n) is 8.92. The lowest BCUT2D eigenvalue weighted by molar-refractivity contribution is -0.136. The van der Waals surface area contributed by atoms with Crippen LogP contribution < -0.4 is 11.1 Å². The number of halogens is 2. The first kappa shape index (κ1) is 32.1. The number of nitrogens with one attached hydrogen (secondary N) is 1. The maximum Gasteiger partial charge on any atom is 0.321 e. The van der Waals surface area contributed by atoms with E-state index in [9.17, 15) is 23.2 Å². The van der Waals surface area contributed by atoms with Crippen molar-refractivity contribution in [1.29, 1.82) is 0 Å². The molecular weight excluding hydrogens is 474 g/mol. The van der Waals surface area contributed by atoms with Crippen LogP contribution in [0.2, 0.25) is 0 Å². The van der Waals surface area contributed by atoms with Gasteiger partial charge in [-0.05, 0) is 31.2 Å². The molecule has 196 valence electrons. The minimum absolute atomic E-state index is 0.275. The Hall–Kier alpha value is -2.88. The highest BCUT2D eigenvalue weighted by atomic mass is 32.1. The van der Waals surface area contributed by atoms with E-state index in [2.05, 4.69) is 41.5 Å². The van der Waals surface area contributed by atoms with E-state index in [1.807, 2.05) is 40.1 Å². The molecule has 0 fully saturated rings. The summed E-state index contributed by atoms with van der Waals surface area (Å²) in [6.07, 6.45) is 1.53. The van der Waals surface area contributed by atoms with Gasteiger partial charge >= 0.3 is 6.03 Å². The highest BCUT2D eigenvalue weighted by Gasteiger charge is 2.36. The molecule has 35 heavy (non-hydrogen) atoms. The molecular formula is C25H38F2N4O3S. The van der Waals surface area contributed by atoms with E-state index in [0.29, 0.717) is 6.42 Å². The third-order valence-corrected chi connectivity index (χ3v) is 5.76. The standard InChI is InChI=1S/C13H25N3O3.C11H11NS.CH2F2/c1-6-7-8-16(12(14)19)11(18)10(13(3,4)5)15-9(2)17;1-8-3-5-10(6-4-8)11-9(2)12-7-13-11;2-1-3/h10H,6-8H2,1-5H3,(H2,14,19)(H,15,17);3-7H,1-2H3;1H2. The zero-order valence-electron chi connectivity index (χ0n) is 21.7. The number of nitrogens with two attached hydrogens (primary N) is 1. The zero-order chi connectivity index (χ0) is 27.2. The Bertz CT molecular complexity index is 928. The first-order chi connectivity index (χ1) is 16.3. The van der Waals surface area contributed by atoms with Crippen molar-refractivity contribution in [2.75, 3.05) is 13.5 Å². The molecule has 0 saturated carbocycles. The average molecular weight is 513 g/mol. The molecule has 7 nitrogen and oxygen atoms in total. The molecule has 1 atom stereocenters. The summed E-state index contributed by atoms with van der Waals surface area (Å²) < 4.78 is 19.2. The highest BCUT2D eigenvalue weighted by molar-refractivity contribution is 7.13. The fraction of sp³-hybridized carbons (Fsp3) is 0.520. The number of alkyl halides is 2. The van der Waals surface area contributed by atoms with Crippen molar-refractivity contribution in [3.8, 4) is 10.4 Å². The SMILES string of the molecule is CCCCN(C(N)=O)C(=O)C(NC(C)=O)C(C)(C)C.Cc1ccc(-c2scnc2C)cc1.FCF. The van der Waals surface area contributed by atoms with E-state index >= 15 is 0 Å². The molecule has 2 rings (SSSR count). The number of carbonyl (C=O) groups is 3. The molecule has 1 aromatic heterocycles. The van der Waals surface area contributed by atoms with E-state index in [4.69, 9.17) is 5.73 Å². The Morgan fingerprint density at radius 1 is 1.14 bits per heavy atom. The van der Waals surface area contributed by atoms with Crippen LogP contribution in [0.5, 0.6) is 0 Å². The Labute approximate surface area is 211 Å². The number of primary amides is 1. The minimum Gasteiger partial charge on any atom is -0.351 e. The van der Waals surface area contributed by atoms with Gasteiger partial charge in [-0.3, -0.25) is 14.5 Å². The summed E-state index contributed by atoms with van der Waals surface area (Å²) in [5.74, 6) is -0.767. The Morgan fingerprint density at radius 2 is 1.69 bits per heavy atom. The van der Waals surface area contributed by atoms with Crippen LogP contribution in [-0.4, -0.2) is 47.2 Å². The van der Waals surface area contributed by atoms with Gasteiger partial charge in [0.25, 0.3) is 5.91 Å². The van der Waals surface area contributed by atoms with E-state index in [1.54, 1.807) is 11.3 Å². The largest absolute Gasteiger partial charge is 0.351 e. The van der Waals surface area contributed by atoms with Crippen molar-refractivity contribution in [2.24, 2.45) is 11.1 Å². The second kappa shape index (κ2) is 15.9. The van der Waals surface area contributed by atoms with E-state index in [1.165, 1.54) is 22.9 Å². The molecule has 3 N–H and O–H groups in total. The fourth-order valence-corrected chi connectivity index (χ4v) is 3.75. The zero-order valence-corrected chi connectivity index (χ0v) is 22.5. The molecule has 10 heteroatoms. The first-order valence-electron chi connectivity index (χ1n) is 11.3. The third kappa shape index (κ3) is 11.9. The van der Waals surface area contributed by atoms with Gasteiger partial charge in [0.2, 0.25) is 12.8 Å². The van der Waals surface area contributed by atoms with Gasteiger partial charge in [0.15, 0.2) is 0 Å². The Balaban J connectivity index is 0.000000620. The molecule has 0 aliphatic carbocycles. The summed E-state index contributed by atoms with van der Waals surface area (Å²) in [5, 5.41) is 2.59. The van der Waals surface area contributed by atoms with E-state index in [0.717, 1.165) is 17.0 Å². The topological polar surface area (TPSA) is 105 Å². The van der Waals surface area contributed by atoms with Crippen molar-refractivity contribution in [3.05, 3.63) is 41.0 Å². The number of hydrogen-bond acceptors (Lipinski definition) is 5. The molecule has 1 unspecified atom stereocenters. The van der Waals surface area contributed by atoms with Crippen molar-refractivity contribution >= 4 is 29.2 Å². The van der Waals surface area contributed by atoms with Crippen molar-refractivity contribution < 1.29 is 23.2 Å². The molecule has 2 aromatic rings. The summed E-state index contributed by atoms with van der Waals surface area (Å²) >= 11 is 1.70. The quantitative estimate of drug-likeness (QED) is 0.529. The number of aromatic nitrogens is 1. The first-order valence-corrected chi connectivity index (χ1v) is 12.1. The maximum atomic E-state index is 12.4. The average Bonchev–Trinajstić information content (AvgIpc) is 3.18. The molecule has 0 spiro atoms. The lowest BCUT2D eigenvalue weighted by atomic mass is 9.85. The van der Waals surface area contributed by atoms with Crippen LogP contribution in [0.3, 0.4) is 0 Å². The number of nitrogens with zero attached hydrogens (tertiary/aromatic N) is 2. The molecule has 0 saturated heterocycles. The van der Waals surface area contributed by atoms with Crippen molar-refractivity contribution in [3.63, 3.8) is 0 Å². The summed E-state index contributed by atoms with van der Waals surface area (Å²) in [7, 11) is 0. The van der Waals surface area contributed by atoms with Gasteiger partial charge in [-0.15, -0.1) is 11.3 Å². The highest BCUT2D eigenvalue weighted by Crippen LogP contribution is 2.27. The van der Waals surface area contributed by atoms with Crippen LogP contribution in [0.15, 0.2) is 29.8 Å². The summed E-state index contributed by atoms with van der Waals surface area (Å²) in [4.78, 5) is 41.5. The predicted molar refractivity (Wildman–Crippen MR) is 137 cm³/mol. The van der Waals surface area contributed by atoms with Gasteiger partial charge in [-0.1, -0.05) is 63.9 Å². The lowest BCUT2D eigenvalue weighted by Gasteiger charge is -2.33. The smallest absolute Gasteiger partial charge is 0.321 e. The fourth-order valence-electron chi connectivity index (χ4n) is 2.94. The van der Waals surface area contributed by atoms with Crippen LogP contribution in [0.25, 0.3) is 10.4 Å². The monoisotopic (exact) mass is 512 g/mol. The number of urea groups is 1.